The summed E-state index contributed by atoms with van der Waals surface area (Å²) in [5.41, 5.74) is 0. The molecule has 0 atom stereocenters. The van der Waals surface area contributed by atoms with Crippen molar-refractivity contribution in [3.05, 3.63) is 0 Å². The van der Waals surface area contributed by atoms with Crippen molar-refractivity contribution in [3.63, 3.8) is 0 Å². The average molecular weight is 225 g/mol. The SMILES string of the molecule is O=C(CCCl)CCC(=O)CCCCl. The first-order valence-corrected chi connectivity index (χ1v) is 5.43. The Morgan fingerprint density at radius 2 is 1.31 bits per heavy atom. The van der Waals surface area contributed by atoms with Gasteiger partial charge in [0.1, 0.15) is 11.6 Å². The normalized spacial score (nSPS) is 10.0. The maximum absolute atomic E-state index is 11.1. The Labute approximate surface area is 88.6 Å². The zero-order chi connectivity index (χ0) is 10.1. The summed E-state index contributed by atoms with van der Waals surface area (Å²) in [5.74, 6) is 1.02. The van der Waals surface area contributed by atoms with E-state index in [4.69, 9.17) is 23.2 Å². The second-order valence-electron chi connectivity index (χ2n) is 2.81. The van der Waals surface area contributed by atoms with Crippen LogP contribution in [-0.4, -0.2) is 23.3 Å². The third-order valence-electron chi connectivity index (χ3n) is 1.65. The molecule has 0 saturated heterocycles. The van der Waals surface area contributed by atoms with E-state index in [1.165, 1.54) is 0 Å². The van der Waals surface area contributed by atoms with E-state index in [0.29, 0.717) is 43.9 Å². The van der Waals surface area contributed by atoms with Gasteiger partial charge >= 0.3 is 0 Å². The molecule has 0 unspecified atom stereocenters. The molecule has 76 valence electrons. The minimum Gasteiger partial charge on any atom is -0.300 e. The molecule has 0 bridgehead atoms. The van der Waals surface area contributed by atoms with Crippen LogP contribution >= 0.6 is 23.2 Å². The van der Waals surface area contributed by atoms with Crippen LogP contribution in [0.5, 0.6) is 0 Å². The van der Waals surface area contributed by atoms with Gasteiger partial charge < -0.3 is 0 Å². The lowest BCUT2D eigenvalue weighted by Crippen LogP contribution is -2.04. The first-order valence-electron chi connectivity index (χ1n) is 4.36. The average Bonchev–Trinajstić information content (AvgIpc) is 2.12. The Morgan fingerprint density at radius 1 is 0.769 bits per heavy atom. The van der Waals surface area contributed by atoms with Crippen LogP contribution < -0.4 is 0 Å². The molecule has 0 rings (SSSR count). The summed E-state index contributed by atoms with van der Waals surface area (Å²) in [7, 11) is 0. The summed E-state index contributed by atoms with van der Waals surface area (Å²) < 4.78 is 0. The second-order valence-corrected chi connectivity index (χ2v) is 3.56. The molecule has 0 saturated carbocycles. The van der Waals surface area contributed by atoms with Gasteiger partial charge in [-0.25, -0.2) is 0 Å². The van der Waals surface area contributed by atoms with Gasteiger partial charge in [0.2, 0.25) is 0 Å². The number of carbonyl (C=O) groups excluding carboxylic acids is 2. The highest BCUT2D eigenvalue weighted by Crippen LogP contribution is 2.02. The molecule has 0 aliphatic heterocycles. The lowest BCUT2D eigenvalue weighted by atomic mass is 10.1. The van der Waals surface area contributed by atoms with Crippen LogP contribution in [-0.2, 0) is 9.59 Å². The van der Waals surface area contributed by atoms with Gasteiger partial charge in [0.05, 0.1) is 0 Å². The first-order chi connectivity index (χ1) is 6.20. The summed E-state index contributed by atoms with van der Waals surface area (Å²) in [4.78, 5) is 22.0. The fourth-order valence-corrected chi connectivity index (χ4v) is 1.24. The molecule has 0 aliphatic rings. The molecule has 0 radical (unpaired) electrons. The summed E-state index contributed by atoms with van der Waals surface area (Å²) in [6.45, 7) is 0. The van der Waals surface area contributed by atoms with Crippen molar-refractivity contribution >= 4 is 34.8 Å². The number of halogens is 2. The van der Waals surface area contributed by atoms with E-state index in [1.807, 2.05) is 0 Å². The van der Waals surface area contributed by atoms with Crippen molar-refractivity contribution in [2.75, 3.05) is 11.8 Å². The van der Waals surface area contributed by atoms with Crippen molar-refractivity contribution in [3.8, 4) is 0 Å². The van der Waals surface area contributed by atoms with Crippen LogP contribution in [0.25, 0.3) is 0 Å². The maximum Gasteiger partial charge on any atom is 0.134 e. The van der Waals surface area contributed by atoms with Crippen molar-refractivity contribution in [1.82, 2.24) is 0 Å². The van der Waals surface area contributed by atoms with Gasteiger partial charge in [-0.1, -0.05) is 0 Å². The Hall–Kier alpha value is -0.0800. The molecule has 0 N–H and O–H groups in total. The molecule has 2 nitrogen and oxygen atoms in total. The Balaban J connectivity index is 3.40. The van der Waals surface area contributed by atoms with Crippen LogP contribution in [0.1, 0.15) is 32.1 Å². The van der Waals surface area contributed by atoms with Gasteiger partial charge in [0.15, 0.2) is 0 Å². The molecule has 0 fully saturated rings. The number of rotatable bonds is 8. The predicted molar refractivity (Wildman–Crippen MR) is 54.5 cm³/mol. The van der Waals surface area contributed by atoms with Gasteiger partial charge in [0.25, 0.3) is 0 Å². The van der Waals surface area contributed by atoms with Gasteiger partial charge in [-0.3, -0.25) is 9.59 Å². The Morgan fingerprint density at radius 3 is 1.77 bits per heavy atom. The van der Waals surface area contributed by atoms with Crippen molar-refractivity contribution in [2.45, 2.75) is 32.1 Å². The highest BCUT2D eigenvalue weighted by Gasteiger charge is 2.05. The standard InChI is InChI=1S/C9H14Cl2O2/c10-6-1-2-8(12)3-4-9(13)5-7-11/h1-7H2. The third-order valence-corrected chi connectivity index (χ3v) is 2.10. The molecule has 0 heterocycles. The quantitative estimate of drug-likeness (QED) is 0.595. The van der Waals surface area contributed by atoms with Gasteiger partial charge in [-0.15, -0.1) is 23.2 Å². The van der Waals surface area contributed by atoms with Gasteiger partial charge in [-0.2, -0.15) is 0 Å². The molecule has 0 amide bonds. The van der Waals surface area contributed by atoms with Crippen LogP contribution in [0, 0.1) is 0 Å². The third kappa shape index (κ3) is 8.26. The largest absolute Gasteiger partial charge is 0.300 e. The highest BCUT2D eigenvalue weighted by atomic mass is 35.5. The molecule has 0 aromatic heterocycles. The van der Waals surface area contributed by atoms with E-state index in [9.17, 15) is 9.59 Å². The Kier molecular flexibility index (Phi) is 8.46. The van der Waals surface area contributed by atoms with Crippen LogP contribution in [0.2, 0.25) is 0 Å². The van der Waals surface area contributed by atoms with Gasteiger partial charge in [-0.05, 0) is 6.42 Å². The van der Waals surface area contributed by atoms with Crippen molar-refractivity contribution in [2.24, 2.45) is 0 Å². The monoisotopic (exact) mass is 224 g/mol. The molecule has 0 aromatic carbocycles. The molecular weight excluding hydrogens is 211 g/mol. The van der Waals surface area contributed by atoms with E-state index in [-0.39, 0.29) is 11.6 Å². The summed E-state index contributed by atoms with van der Waals surface area (Å²) in [5, 5.41) is 0. The summed E-state index contributed by atoms with van der Waals surface area (Å²) >= 11 is 10.8. The molecule has 13 heavy (non-hydrogen) atoms. The van der Waals surface area contributed by atoms with Gasteiger partial charge in [0, 0.05) is 37.4 Å². The molecule has 0 aromatic rings. The Bertz CT molecular complexity index is 169. The lowest BCUT2D eigenvalue weighted by Gasteiger charge is -1.98. The predicted octanol–water partition coefficient (Wildman–Crippen LogP) is 2.55. The number of carbonyl (C=O) groups is 2. The molecule has 0 spiro atoms. The van der Waals surface area contributed by atoms with Crippen LogP contribution in [0.4, 0.5) is 0 Å². The smallest absolute Gasteiger partial charge is 0.134 e. The maximum atomic E-state index is 11.1. The molecule has 0 aliphatic carbocycles. The van der Waals surface area contributed by atoms with E-state index < -0.39 is 0 Å². The molecular formula is C9H14Cl2O2. The topological polar surface area (TPSA) is 34.1 Å². The minimum atomic E-state index is 0.0641. The number of Topliss-reactive ketones (excluding diaryl/α,β-unsaturated/α-hetero) is 2. The zero-order valence-corrected chi connectivity index (χ0v) is 9.03. The van der Waals surface area contributed by atoms with Crippen molar-refractivity contribution < 1.29 is 9.59 Å². The highest BCUT2D eigenvalue weighted by molar-refractivity contribution is 6.19. The second kappa shape index (κ2) is 8.52. The van der Waals surface area contributed by atoms with E-state index in [0.717, 1.165) is 0 Å². The van der Waals surface area contributed by atoms with Crippen LogP contribution in [0.3, 0.4) is 0 Å². The van der Waals surface area contributed by atoms with E-state index in [2.05, 4.69) is 0 Å². The lowest BCUT2D eigenvalue weighted by molar-refractivity contribution is -0.124. The zero-order valence-electron chi connectivity index (χ0n) is 7.52. The summed E-state index contributed by atoms with van der Waals surface area (Å²) in [6, 6.07) is 0. The van der Waals surface area contributed by atoms with Crippen LogP contribution in [0.15, 0.2) is 0 Å². The number of ketones is 2. The number of hydrogen-bond donors (Lipinski definition) is 0. The number of alkyl halides is 2. The van der Waals surface area contributed by atoms with E-state index >= 15 is 0 Å². The fourth-order valence-electron chi connectivity index (χ4n) is 0.898. The number of hydrogen-bond acceptors (Lipinski definition) is 2. The summed E-state index contributed by atoms with van der Waals surface area (Å²) in [6.07, 6.45) is 2.21. The van der Waals surface area contributed by atoms with E-state index in [1.54, 1.807) is 0 Å². The first kappa shape index (κ1) is 12.9. The molecule has 4 heteroatoms. The van der Waals surface area contributed by atoms with Crippen molar-refractivity contribution in [1.29, 1.82) is 0 Å². The fraction of sp³-hybridized carbons (Fsp3) is 0.778. The minimum absolute atomic E-state index is 0.0641.